The zero-order valence-electron chi connectivity index (χ0n) is 12.3. The minimum absolute atomic E-state index is 0.0892. The number of nitro groups is 1. The number of esters is 1. The first-order valence-electron chi connectivity index (χ1n) is 6.51. The largest absolute Gasteiger partial charge is 0.480 e. The van der Waals surface area contributed by atoms with Gasteiger partial charge in [-0.1, -0.05) is 23.2 Å². The van der Waals surface area contributed by atoms with Gasteiger partial charge in [-0.05, 0) is 18.2 Å². The third-order valence-corrected chi connectivity index (χ3v) is 3.42. The summed E-state index contributed by atoms with van der Waals surface area (Å²) >= 11 is 12.0. The molecule has 0 spiro atoms. The number of rotatable bonds is 6. The fraction of sp³-hybridized carbons (Fsp3) is 0.133. The Morgan fingerprint density at radius 2 is 1.79 bits per heavy atom. The van der Waals surface area contributed by atoms with Gasteiger partial charge in [0.05, 0.1) is 22.1 Å². The molecule has 0 bridgehead atoms. The van der Waals surface area contributed by atoms with Crippen molar-refractivity contribution in [3.8, 4) is 17.2 Å². The fourth-order valence-corrected chi connectivity index (χ4v) is 2.11. The number of methoxy groups -OCH3 is 1. The molecule has 2 aromatic carbocycles. The number of benzene rings is 2. The van der Waals surface area contributed by atoms with Crippen LogP contribution in [0.4, 0.5) is 5.69 Å². The number of ether oxygens (including phenoxy) is 3. The summed E-state index contributed by atoms with van der Waals surface area (Å²) in [6.45, 7) is -0.273. The number of hydrogen-bond acceptors (Lipinski definition) is 6. The average Bonchev–Trinajstić information content (AvgIpc) is 2.55. The SMILES string of the molecule is COC(=O)COc1ccc(Oc2ccc([N+](=O)[O-])cc2Cl)cc1Cl. The molecule has 0 unspecified atom stereocenters. The normalized spacial score (nSPS) is 10.1. The van der Waals surface area contributed by atoms with E-state index in [4.69, 9.17) is 32.7 Å². The molecule has 24 heavy (non-hydrogen) atoms. The van der Waals surface area contributed by atoms with Crippen molar-refractivity contribution in [1.29, 1.82) is 0 Å². The van der Waals surface area contributed by atoms with Crippen LogP contribution in [0.3, 0.4) is 0 Å². The maximum absolute atomic E-state index is 11.0. The van der Waals surface area contributed by atoms with Crippen LogP contribution in [0.1, 0.15) is 0 Å². The molecule has 2 aromatic rings. The van der Waals surface area contributed by atoms with Crippen LogP contribution in [0.15, 0.2) is 36.4 Å². The summed E-state index contributed by atoms with van der Waals surface area (Å²) in [5.41, 5.74) is -0.142. The standard InChI is InChI=1S/C15H11Cl2NO6/c1-22-15(19)8-23-13-5-3-10(7-12(13)17)24-14-4-2-9(18(20)21)6-11(14)16/h2-7H,8H2,1H3. The zero-order valence-corrected chi connectivity index (χ0v) is 13.8. The Hall–Kier alpha value is -2.51. The molecule has 0 aliphatic rings. The van der Waals surface area contributed by atoms with Gasteiger partial charge in [0.15, 0.2) is 6.61 Å². The molecule has 0 heterocycles. The summed E-state index contributed by atoms with van der Waals surface area (Å²) < 4.78 is 15.2. The Kier molecular flexibility index (Phi) is 5.83. The Balaban J connectivity index is 2.12. The van der Waals surface area contributed by atoms with Gasteiger partial charge in [0.2, 0.25) is 0 Å². The predicted molar refractivity (Wildman–Crippen MR) is 87.1 cm³/mol. The molecule has 0 fully saturated rings. The molecule has 2 rings (SSSR count). The topological polar surface area (TPSA) is 87.9 Å². The lowest BCUT2D eigenvalue weighted by molar-refractivity contribution is -0.384. The van der Waals surface area contributed by atoms with Gasteiger partial charge in [-0.2, -0.15) is 0 Å². The smallest absolute Gasteiger partial charge is 0.343 e. The molecule has 0 amide bonds. The van der Waals surface area contributed by atoms with E-state index < -0.39 is 10.9 Å². The molecule has 0 saturated heterocycles. The summed E-state index contributed by atoms with van der Waals surface area (Å²) in [7, 11) is 1.25. The van der Waals surface area contributed by atoms with Crippen LogP contribution in [0.25, 0.3) is 0 Å². The Bertz CT molecular complexity index is 781. The molecule has 0 aromatic heterocycles. The van der Waals surface area contributed by atoms with Gasteiger partial charge in [0.25, 0.3) is 5.69 Å². The van der Waals surface area contributed by atoms with Crippen molar-refractivity contribution in [3.63, 3.8) is 0 Å². The van der Waals surface area contributed by atoms with Gasteiger partial charge in [-0.3, -0.25) is 10.1 Å². The highest BCUT2D eigenvalue weighted by Gasteiger charge is 2.12. The number of halogens is 2. The Morgan fingerprint density at radius 1 is 1.12 bits per heavy atom. The van der Waals surface area contributed by atoms with Crippen LogP contribution in [-0.4, -0.2) is 24.6 Å². The average molecular weight is 372 g/mol. The van der Waals surface area contributed by atoms with Crippen molar-refractivity contribution >= 4 is 34.9 Å². The molecule has 0 saturated carbocycles. The van der Waals surface area contributed by atoms with E-state index in [0.29, 0.717) is 5.75 Å². The lowest BCUT2D eigenvalue weighted by Gasteiger charge is -2.10. The van der Waals surface area contributed by atoms with E-state index in [1.807, 2.05) is 0 Å². The van der Waals surface area contributed by atoms with Crippen molar-refractivity contribution in [2.75, 3.05) is 13.7 Å². The molecule has 9 heteroatoms. The van der Waals surface area contributed by atoms with Crippen LogP contribution in [0.2, 0.25) is 10.0 Å². The zero-order chi connectivity index (χ0) is 17.7. The summed E-state index contributed by atoms with van der Waals surface area (Å²) in [5.74, 6) is 0.330. The van der Waals surface area contributed by atoms with E-state index in [2.05, 4.69) is 4.74 Å². The predicted octanol–water partition coefficient (Wildman–Crippen LogP) is 4.25. The first-order valence-corrected chi connectivity index (χ1v) is 7.27. The number of carbonyl (C=O) groups is 1. The highest BCUT2D eigenvalue weighted by atomic mass is 35.5. The maximum Gasteiger partial charge on any atom is 0.343 e. The van der Waals surface area contributed by atoms with Gasteiger partial charge in [-0.25, -0.2) is 4.79 Å². The van der Waals surface area contributed by atoms with Crippen LogP contribution < -0.4 is 9.47 Å². The third-order valence-electron chi connectivity index (χ3n) is 2.83. The van der Waals surface area contributed by atoms with Gasteiger partial charge >= 0.3 is 5.97 Å². The second-order valence-corrected chi connectivity index (χ2v) is 5.25. The van der Waals surface area contributed by atoms with Crippen LogP contribution in [-0.2, 0) is 9.53 Å². The molecule has 126 valence electrons. The quantitative estimate of drug-likeness (QED) is 0.428. The summed E-state index contributed by atoms with van der Waals surface area (Å²) in [6.07, 6.45) is 0. The monoisotopic (exact) mass is 371 g/mol. The molecule has 0 aliphatic carbocycles. The molecular formula is C15H11Cl2NO6. The lowest BCUT2D eigenvalue weighted by Crippen LogP contribution is -2.12. The van der Waals surface area contributed by atoms with E-state index in [1.54, 1.807) is 6.07 Å². The van der Waals surface area contributed by atoms with Crippen LogP contribution in [0, 0.1) is 10.1 Å². The van der Waals surface area contributed by atoms with E-state index in [-0.39, 0.29) is 33.8 Å². The van der Waals surface area contributed by atoms with Crippen LogP contribution >= 0.6 is 23.2 Å². The van der Waals surface area contributed by atoms with Crippen molar-refractivity contribution in [1.82, 2.24) is 0 Å². The number of non-ortho nitro benzene ring substituents is 1. The summed E-state index contributed by atoms with van der Waals surface area (Å²) in [4.78, 5) is 21.2. The van der Waals surface area contributed by atoms with Crippen LogP contribution in [0.5, 0.6) is 17.2 Å². The third kappa shape index (κ3) is 4.50. The number of nitrogens with zero attached hydrogens (tertiary/aromatic N) is 1. The summed E-state index contributed by atoms with van der Waals surface area (Å²) in [5, 5.41) is 11.0. The number of nitro benzene ring substituents is 1. The lowest BCUT2D eigenvalue weighted by atomic mass is 10.3. The Labute approximate surface area is 146 Å². The van der Waals surface area contributed by atoms with Crippen molar-refractivity contribution < 1.29 is 23.9 Å². The molecular weight excluding hydrogens is 361 g/mol. The van der Waals surface area contributed by atoms with Gasteiger partial charge in [-0.15, -0.1) is 0 Å². The van der Waals surface area contributed by atoms with Crippen molar-refractivity contribution in [2.24, 2.45) is 0 Å². The first-order chi connectivity index (χ1) is 11.4. The molecule has 0 aliphatic heterocycles. The van der Waals surface area contributed by atoms with E-state index in [9.17, 15) is 14.9 Å². The molecule has 0 atom stereocenters. The minimum Gasteiger partial charge on any atom is -0.480 e. The van der Waals surface area contributed by atoms with Gasteiger partial charge < -0.3 is 14.2 Å². The van der Waals surface area contributed by atoms with Gasteiger partial charge in [0, 0.05) is 18.2 Å². The van der Waals surface area contributed by atoms with E-state index >= 15 is 0 Å². The maximum atomic E-state index is 11.0. The van der Waals surface area contributed by atoms with Crippen molar-refractivity contribution in [2.45, 2.75) is 0 Å². The fourth-order valence-electron chi connectivity index (χ4n) is 1.67. The second-order valence-electron chi connectivity index (χ2n) is 4.43. The molecule has 0 radical (unpaired) electrons. The highest BCUT2D eigenvalue weighted by molar-refractivity contribution is 6.32. The number of hydrogen-bond donors (Lipinski definition) is 0. The second kappa shape index (κ2) is 7.85. The highest BCUT2D eigenvalue weighted by Crippen LogP contribution is 2.35. The first kappa shape index (κ1) is 17.8. The van der Waals surface area contributed by atoms with E-state index in [0.717, 1.165) is 0 Å². The van der Waals surface area contributed by atoms with E-state index in [1.165, 1.54) is 37.4 Å². The molecule has 7 nitrogen and oxygen atoms in total. The van der Waals surface area contributed by atoms with Gasteiger partial charge in [0.1, 0.15) is 17.2 Å². The molecule has 0 N–H and O–H groups in total. The number of carbonyl (C=O) groups excluding carboxylic acids is 1. The van der Waals surface area contributed by atoms with Crippen molar-refractivity contribution in [3.05, 3.63) is 56.6 Å². The minimum atomic E-state index is -0.556. The Morgan fingerprint density at radius 3 is 2.38 bits per heavy atom. The summed E-state index contributed by atoms with van der Waals surface area (Å²) in [6, 6.07) is 8.38.